The maximum Gasteiger partial charge on any atom is 0.119 e. The van der Waals surface area contributed by atoms with Crippen molar-refractivity contribution in [3.8, 4) is 11.5 Å². The van der Waals surface area contributed by atoms with Crippen LogP contribution in [-0.4, -0.2) is 11.7 Å². The minimum atomic E-state index is 0.291. The molecule has 0 saturated heterocycles. The lowest BCUT2D eigenvalue weighted by Gasteiger charge is -2.06. The van der Waals surface area contributed by atoms with Gasteiger partial charge in [-0.3, -0.25) is 0 Å². The zero-order valence-corrected chi connectivity index (χ0v) is 17.2. The smallest absolute Gasteiger partial charge is 0.119 e. The molecule has 0 aliphatic carbocycles. The van der Waals surface area contributed by atoms with Gasteiger partial charge in [-0.2, -0.15) is 0 Å². The van der Waals surface area contributed by atoms with Crippen LogP contribution in [0.1, 0.15) is 110 Å². The number of benzene rings is 1. The van der Waals surface area contributed by atoms with Gasteiger partial charge < -0.3 is 9.84 Å². The molecule has 0 aliphatic heterocycles. The lowest BCUT2D eigenvalue weighted by atomic mass is 10.0. The van der Waals surface area contributed by atoms with Crippen LogP contribution in [0.3, 0.4) is 0 Å². The Bertz CT molecular complexity index is 399. The molecule has 0 atom stereocenters. The number of aromatic hydroxyl groups is 1. The number of hydrogen-bond donors (Lipinski definition) is 1. The van der Waals surface area contributed by atoms with E-state index in [2.05, 4.69) is 6.92 Å². The summed E-state index contributed by atoms with van der Waals surface area (Å²) in [5.74, 6) is 1.14. The number of unbranched alkanes of at least 4 members (excludes halogenated alkanes) is 15. The molecule has 150 valence electrons. The second kappa shape index (κ2) is 17.2. The van der Waals surface area contributed by atoms with Gasteiger partial charge in [0, 0.05) is 0 Å². The molecule has 0 aliphatic rings. The molecule has 0 heterocycles. The molecular formula is C24H42O2. The van der Waals surface area contributed by atoms with Gasteiger partial charge in [0.25, 0.3) is 0 Å². The van der Waals surface area contributed by atoms with E-state index in [0.29, 0.717) is 5.75 Å². The first-order valence-electron chi connectivity index (χ1n) is 11.2. The quantitative estimate of drug-likeness (QED) is 0.268. The van der Waals surface area contributed by atoms with Gasteiger partial charge in [0.05, 0.1) is 6.61 Å². The van der Waals surface area contributed by atoms with E-state index >= 15 is 0 Å². The van der Waals surface area contributed by atoms with Crippen LogP contribution < -0.4 is 4.74 Å². The predicted octanol–water partition coefficient (Wildman–Crippen LogP) is 8.03. The number of phenols is 1. The van der Waals surface area contributed by atoms with E-state index in [1.165, 1.54) is 96.3 Å². The maximum absolute atomic E-state index is 9.22. The molecule has 1 N–H and O–H groups in total. The average molecular weight is 363 g/mol. The third-order valence-corrected chi connectivity index (χ3v) is 5.10. The fourth-order valence-corrected chi connectivity index (χ4v) is 3.38. The summed E-state index contributed by atoms with van der Waals surface area (Å²) in [5, 5.41) is 9.22. The number of ether oxygens (including phenoxy) is 1. The van der Waals surface area contributed by atoms with Crippen molar-refractivity contribution in [3.63, 3.8) is 0 Å². The second-order valence-electron chi connectivity index (χ2n) is 7.65. The van der Waals surface area contributed by atoms with Crippen LogP contribution in [0.15, 0.2) is 24.3 Å². The van der Waals surface area contributed by atoms with E-state index in [1.54, 1.807) is 12.1 Å². The standard InChI is InChI=1S/C24H42O2/c1-2-3-4-5-6-7-8-9-10-11-12-13-14-15-16-17-22-26-24-20-18-23(25)19-21-24/h18-21,25H,2-17,22H2,1H3. The maximum atomic E-state index is 9.22. The summed E-state index contributed by atoms with van der Waals surface area (Å²) in [6.45, 7) is 3.07. The monoisotopic (exact) mass is 362 g/mol. The summed E-state index contributed by atoms with van der Waals surface area (Å²) < 4.78 is 5.67. The van der Waals surface area contributed by atoms with Crippen molar-refractivity contribution in [3.05, 3.63) is 24.3 Å². The van der Waals surface area contributed by atoms with Gasteiger partial charge in [0.15, 0.2) is 0 Å². The first-order valence-corrected chi connectivity index (χ1v) is 11.2. The van der Waals surface area contributed by atoms with Gasteiger partial charge in [0.1, 0.15) is 11.5 Å². The summed E-state index contributed by atoms with van der Waals surface area (Å²) in [4.78, 5) is 0. The molecule has 2 heteroatoms. The van der Waals surface area contributed by atoms with Gasteiger partial charge in [0.2, 0.25) is 0 Å². The van der Waals surface area contributed by atoms with E-state index in [0.717, 1.165) is 18.8 Å². The van der Waals surface area contributed by atoms with Gasteiger partial charge in [-0.25, -0.2) is 0 Å². The molecule has 0 aromatic heterocycles. The molecule has 0 radical (unpaired) electrons. The first kappa shape index (κ1) is 22.9. The van der Waals surface area contributed by atoms with Crippen molar-refractivity contribution in [2.75, 3.05) is 6.61 Å². The molecule has 1 aromatic carbocycles. The summed E-state index contributed by atoms with van der Waals surface area (Å²) in [5.41, 5.74) is 0. The van der Waals surface area contributed by atoms with Crippen LogP contribution in [0.25, 0.3) is 0 Å². The van der Waals surface area contributed by atoms with Crippen molar-refractivity contribution in [1.29, 1.82) is 0 Å². The van der Waals surface area contributed by atoms with Crippen molar-refractivity contribution in [2.24, 2.45) is 0 Å². The predicted molar refractivity (Wildman–Crippen MR) is 113 cm³/mol. The molecule has 1 rings (SSSR count). The SMILES string of the molecule is CCCCCCCCCCCCCCCCCCOc1ccc(O)cc1. The molecule has 1 aromatic rings. The summed E-state index contributed by atoms with van der Waals surface area (Å²) in [7, 11) is 0. The van der Waals surface area contributed by atoms with Gasteiger partial charge >= 0.3 is 0 Å². The third-order valence-electron chi connectivity index (χ3n) is 5.10. The molecule has 0 unspecified atom stereocenters. The third kappa shape index (κ3) is 14.0. The fourth-order valence-electron chi connectivity index (χ4n) is 3.38. The number of hydrogen-bond acceptors (Lipinski definition) is 2. The van der Waals surface area contributed by atoms with Crippen molar-refractivity contribution >= 4 is 0 Å². The van der Waals surface area contributed by atoms with E-state index in [9.17, 15) is 5.11 Å². The lowest BCUT2D eigenvalue weighted by molar-refractivity contribution is 0.303. The van der Waals surface area contributed by atoms with Crippen molar-refractivity contribution < 1.29 is 9.84 Å². The van der Waals surface area contributed by atoms with E-state index < -0.39 is 0 Å². The largest absolute Gasteiger partial charge is 0.508 e. The number of rotatable bonds is 18. The van der Waals surface area contributed by atoms with E-state index in [4.69, 9.17) is 4.74 Å². The Balaban J connectivity index is 1.72. The molecular weight excluding hydrogens is 320 g/mol. The Morgan fingerprint density at radius 3 is 1.38 bits per heavy atom. The van der Waals surface area contributed by atoms with E-state index in [1.807, 2.05) is 12.1 Å². The van der Waals surface area contributed by atoms with E-state index in [-0.39, 0.29) is 0 Å². The normalized spacial score (nSPS) is 11.0. The highest BCUT2D eigenvalue weighted by molar-refractivity contribution is 5.29. The summed E-state index contributed by atoms with van der Waals surface area (Å²) >= 11 is 0. The van der Waals surface area contributed by atoms with Crippen LogP contribution >= 0.6 is 0 Å². The van der Waals surface area contributed by atoms with Crippen LogP contribution in [0.5, 0.6) is 11.5 Å². The first-order chi connectivity index (χ1) is 12.8. The van der Waals surface area contributed by atoms with Crippen LogP contribution in [-0.2, 0) is 0 Å². The molecule has 0 spiro atoms. The highest BCUT2D eigenvalue weighted by Gasteiger charge is 1.96. The number of phenolic OH excluding ortho intramolecular Hbond substituents is 1. The zero-order valence-electron chi connectivity index (χ0n) is 17.2. The summed E-state index contributed by atoms with van der Waals surface area (Å²) in [6.07, 6.45) is 22.3. The van der Waals surface area contributed by atoms with Gasteiger partial charge in [-0.05, 0) is 30.7 Å². The van der Waals surface area contributed by atoms with Crippen molar-refractivity contribution in [2.45, 2.75) is 110 Å². The highest BCUT2D eigenvalue weighted by Crippen LogP contribution is 2.17. The van der Waals surface area contributed by atoms with Crippen LogP contribution in [0.4, 0.5) is 0 Å². The average Bonchev–Trinajstić information content (AvgIpc) is 2.66. The molecule has 0 bridgehead atoms. The fraction of sp³-hybridized carbons (Fsp3) is 0.750. The Kier molecular flexibility index (Phi) is 15.2. The zero-order chi connectivity index (χ0) is 18.7. The van der Waals surface area contributed by atoms with Crippen molar-refractivity contribution in [1.82, 2.24) is 0 Å². The minimum absolute atomic E-state index is 0.291. The summed E-state index contributed by atoms with van der Waals surface area (Å²) in [6, 6.07) is 6.98. The lowest BCUT2D eigenvalue weighted by Crippen LogP contribution is -1.96. The Morgan fingerprint density at radius 2 is 0.962 bits per heavy atom. The highest BCUT2D eigenvalue weighted by atomic mass is 16.5. The Morgan fingerprint density at radius 1 is 0.577 bits per heavy atom. The molecule has 26 heavy (non-hydrogen) atoms. The topological polar surface area (TPSA) is 29.5 Å². The molecule has 0 saturated carbocycles. The van der Waals surface area contributed by atoms with Gasteiger partial charge in [-0.15, -0.1) is 0 Å². The molecule has 2 nitrogen and oxygen atoms in total. The van der Waals surface area contributed by atoms with Crippen LogP contribution in [0, 0.1) is 0 Å². The second-order valence-corrected chi connectivity index (χ2v) is 7.65. The molecule has 0 amide bonds. The Labute approximate surface area is 162 Å². The van der Waals surface area contributed by atoms with Crippen LogP contribution in [0.2, 0.25) is 0 Å². The minimum Gasteiger partial charge on any atom is -0.508 e. The molecule has 0 fully saturated rings. The van der Waals surface area contributed by atoms with Gasteiger partial charge in [-0.1, -0.05) is 103 Å². The Hall–Kier alpha value is -1.18.